The van der Waals surface area contributed by atoms with Crippen LogP contribution in [0.1, 0.15) is 30.0 Å². The first-order chi connectivity index (χ1) is 14.7. The van der Waals surface area contributed by atoms with Crippen molar-refractivity contribution < 1.29 is 14.3 Å². The quantitative estimate of drug-likeness (QED) is 0.247. The third-order valence-corrected chi connectivity index (χ3v) is 5.61. The summed E-state index contributed by atoms with van der Waals surface area (Å²) in [6.07, 6.45) is -0.191. The highest BCUT2D eigenvalue weighted by atomic mass is 16.5. The van der Waals surface area contributed by atoms with Gasteiger partial charge in [0, 0.05) is 6.54 Å². The van der Waals surface area contributed by atoms with Crippen LogP contribution in [-0.2, 0) is 19.9 Å². The maximum absolute atomic E-state index is 12.9. The largest absolute Gasteiger partial charge is 0.466 e. The van der Waals surface area contributed by atoms with Crippen molar-refractivity contribution in [2.45, 2.75) is 24.9 Å². The van der Waals surface area contributed by atoms with Crippen LogP contribution in [-0.4, -0.2) is 35.8 Å². The Morgan fingerprint density at radius 3 is 1.67 bits per heavy atom. The fraction of sp³-hybridized carbons (Fsp3) is 0.231. The molecule has 1 unspecified atom stereocenters. The summed E-state index contributed by atoms with van der Waals surface area (Å²) in [6, 6.07) is 30.4. The minimum Gasteiger partial charge on any atom is -0.466 e. The van der Waals surface area contributed by atoms with Crippen LogP contribution in [0.2, 0.25) is 0 Å². The van der Waals surface area contributed by atoms with Crippen molar-refractivity contribution in [1.29, 1.82) is 0 Å². The van der Waals surface area contributed by atoms with Crippen LogP contribution in [0.15, 0.2) is 91.0 Å². The number of carbonyl (C=O) groups excluding carboxylic acids is 2. The number of hydrogen-bond acceptors (Lipinski definition) is 4. The van der Waals surface area contributed by atoms with Crippen molar-refractivity contribution in [2.24, 2.45) is 0 Å². The number of ketones is 1. The highest BCUT2D eigenvalue weighted by Gasteiger charge is 2.55. The van der Waals surface area contributed by atoms with Crippen LogP contribution in [0.25, 0.3) is 0 Å². The van der Waals surface area contributed by atoms with E-state index in [4.69, 9.17) is 4.74 Å². The van der Waals surface area contributed by atoms with Gasteiger partial charge >= 0.3 is 5.97 Å². The van der Waals surface area contributed by atoms with Crippen LogP contribution < -0.4 is 0 Å². The van der Waals surface area contributed by atoms with Crippen LogP contribution >= 0.6 is 0 Å². The summed E-state index contributed by atoms with van der Waals surface area (Å²) in [5, 5.41) is 0. The summed E-state index contributed by atoms with van der Waals surface area (Å²) in [7, 11) is 0. The molecule has 4 heteroatoms. The second kappa shape index (κ2) is 8.64. The number of nitrogens with zero attached hydrogens (tertiary/aromatic N) is 1. The molecule has 1 heterocycles. The molecule has 4 nitrogen and oxygen atoms in total. The van der Waals surface area contributed by atoms with E-state index in [0.29, 0.717) is 6.54 Å². The minimum absolute atomic E-state index is 0.0966. The molecule has 3 aromatic rings. The Bertz CT molecular complexity index is 906. The van der Waals surface area contributed by atoms with E-state index in [2.05, 4.69) is 41.3 Å². The second-order valence-corrected chi connectivity index (χ2v) is 7.42. The lowest BCUT2D eigenvalue weighted by atomic mass is 9.76. The molecule has 0 saturated carbocycles. The number of ether oxygens (including phenoxy) is 1. The van der Waals surface area contributed by atoms with Crippen LogP contribution in [0.3, 0.4) is 0 Å². The van der Waals surface area contributed by atoms with Gasteiger partial charge in [-0.1, -0.05) is 91.0 Å². The van der Waals surface area contributed by atoms with Gasteiger partial charge in [0.05, 0.1) is 18.2 Å². The zero-order valence-corrected chi connectivity index (χ0v) is 17.0. The van der Waals surface area contributed by atoms with E-state index in [1.54, 1.807) is 6.92 Å². The molecule has 30 heavy (non-hydrogen) atoms. The molecule has 4 rings (SSSR count). The second-order valence-electron chi connectivity index (χ2n) is 7.42. The maximum Gasteiger partial charge on any atom is 0.313 e. The topological polar surface area (TPSA) is 46.4 Å². The zero-order valence-electron chi connectivity index (χ0n) is 17.0. The lowest BCUT2D eigenvalue weighted by Crippen LogP contribution is -2.40. The molecule has 0 aliphatic carbocycles. The summed E-state index contributed by atoms with van der Waals surface area (Å²) in [6.45, 7) is 2.62. The molecular weight excluding hydrogens is 374 g/mol. The standard InChI is InChI=1S/C26H25NO3/c1-2-30-25(29)18-24(28)23-19-27(23)26(20-12-6-3-7-13-20,21-14-8-4-9-15-21)22-16-10-5-11-17-22/h3-17,23H,2,18-19H2,1H3/t23-,27?/m0/s1. The van der Waals surface area contributed by atoms with E-state index in [1.807, 2.05) is 54.6 Å². The Morgan fingerprint density at radius 1 is 0.833 bits per heavy atom. The van der Waals surface area contributed by atoms with Gasteiger partial charge in [0.25, 0.3) is 0 Å². The Morgan fingerprint density at radius 2 is 1.27 bits per heavy atom. The Labute approximate surface area is 177 Å². The maximum atomic E-state index is 12.9. The highest BCUT2D eigenvalue weighted by molar-refractivity contribution is 6.00. The van der Waals surface area contributed by atoms with Crippen LogP contribution in [0.4, 0.5) is 0 Å². The van der Waals surface area contributed by atoms with Gasteiger partial charge in [0.1, 0.15) is 6.42 Å². The first-order valence-electron chi connectivity index (χ1n) is 10.3. The van der Waals surface area contributed by atoms with Crippen molar-refractivity contribution in [3.8, 4) is 0 Å². The van der Waals surface area contributed by atoms with E-state index in [1.165, 1.54) is 0 Å². The Kier molecular flexibility index (Phi) is 5.77. The van der Waals surface area contributed by atoms with Crippen molar-refractivity contribution in [2.75, 3.05) is 13.2 Å². The fourth-order valence-electron chi connectivity index (χ4n) is 4.29. The van der Waals surface area contributed by atoms with E-state index in [9.17, 15) is 9.59 Å². The average Bonchev–Trinajstić information content (AvgIpc) is 3.58. The molecule has 1 fully saturated rings. The molecule has 0 N–H and O–H groups in total. The normalized spacial score (nSPS) is 17.9. The zero-order chi connectivity index (χ0) is 21.0. The number of Topliss-reactive ketones (excluding diaryl/α,β-unsaturated/α-hetero) is 1. The number of esters is 1. The fourth-order valence-corrected chi connectivity index (χ4v) is 4.29. The van der Waals surface area contributed by atoms with Gasteiger partial charge in [-0.05, 0) is 23.6 Å². The van der Waals surface area contributed by atoms with Gasteiger partial charge < -0.3 is 4.74 Å². The number of hydrogen-bond donors (Lipinski definition) is 0. The van der Waals surface area contributed by atoms with Gasteiger partial charge in [0.2, 0.25) is 0 Å². The monoisotopic (exact) mass is 399 g/mol. The van der Waals surface area contributed by atoms with Gasteiger partial charge in [0.15, 0.2) is 5.78 Å². The predicted molar refractivity (Wildman–Crippen MR) is 116 cm³/mol. The third-order valence-electron chi connectivity index (χ3n) is 5.61. The molecular formula is C26H25NO3. The van der Waals surface area contributed by atoms with Crippen LogP contribution in [0.5, 0.6) is 0 Å². The molecule has 1 saturated heterocycles. The molecule has 3 aromatic carbocycles. The van der Waals surface area contributed by atoms with Gasteiger partial charge in [-0.25, -0.2) is 0 Å². The number of benzene rings is 3. The van der Waals surface area contributed by atoms with Crippen molar-refractivity contribution in [1.82, 2.24) is 4.90 Å². The summed E-state index contributed by atoms with van der Waals surface area (Å²) >= 11 is 0. The van der Waals surface area contributed by atoms with Crippen LogP contribution in [0, 0.1) is 0 Å². The molecule has 0 amide bonds. The molecule has 0 spiro atoms. The predicted octanol–water partition coefficient (Wildman–Crippen LogP) is 4.19. The summed E-state index contributed by atoms with van der Waals surface area (Å²) in [4.78, 5) is 27.0. The first-order valence-corrected chi connectivity index (χ1v) is 10.3. The van der Waals surface area contributed by atoms with E-state index >= 15 is 0 Å². The lowest BCUT2D eigenvalue weighted by molar-refractivity contribution is -0.145. The van der Waals surface area contributed by atoms with Crippen molar-refractivity contribution >= 4 is 11.8 Å². The van der Waals surface area contributed by atoms with E-state index < -0.39 is 11.5 Å². The van der Waals surface area contributed by atoms with Crippen molar-refractivity contribution in [3.05, 3.63) is 108 Å². The molecule has 152 valence electrons. The number of rotatable bonds is 8. The Balaban J connectivity index is 1.81. The summed E-state index contributed by atoms with van der Waals surface area (Å²) in [5.41, 5.74) is 2.66. The molecule has 1 aliphatic heterocycles. The van der Waals surface area contributed by atoms with Gasteiger partial charge in [-0.3, -0.25) is 14.5 Å². The van der Waals surface area contributed by atoms with Gasteiger partial charge in [-0.15, -0.1) is 0 Å². The summed E-state index contributed by atoms with van der Waals surface area (Å²) in [5.74, 6) is -0.556. The van der Waals surface area contributed by atoms with Gasteiger partial charge in [-0.2, -0.15) is 0 Å². The third kappa shape index (κ3) is 3.66. The first kappa shape index (κ1) is 20.0. The molecule has 0 aromatic heterocycles. The Hall–Kier alpha value is -3.24. The molecule has 1 aliphatic rings. The van der Waals surface area contributed by atoms with E-state index in [-0.39, 0.29) is 24.9 Å². The van der Waals surface area contributed by atoms with Crippen molar-refractivity contribution in [3.63, 3.8) is 0 Å². The van der Waals surface area contributed by atoms with E-state index in [0.717, 1.165) is 16.7 Å². The average molecular weight is 399 g/mol. The molecule has 0 radical (unpaired) electrons. The molecule has 2 atom stereocenters. The number of carbonyl (C=O) groups is 2. The smallest absolute Gasteiger partial charge is 0.313 e. The minimum atomic E-state index is -0.612. The lowest BCUT2D eigenvalue weighted by Gasteiger charge is -2.38. The highest BCUT2D eigenvalue weighted by Crippen LogP contribution is 2.48. The SMILES string of the molecule is CCOC(=O)CC(=O)[C@@H]1CN1C(c1ccccc1)(c1ccccc1)c1ccccc1. The molecule has 0 bridgehead atoms. The summed E-state index contributed by atoms with van der Waals surface area (Å²) < 4.78 is 4.99.